The lowest BCUT2D eigenvalue weighted by molar-refractivity contribution is -0.140. The molecule has 1 N–H and O–H groups in total. The molecule has 1 aliphatic rings. The fourth-order valence-corrected chi connectivity index (χ4v) is 2.15. The predicted molar refractivity (Wildman–Crippen MR) is 54.7 cm³/mol. The minimum absolute atomic E-state index is 0.363. The number of hydrogen-bond acceptors (Lipinski definition) is 2. The molecule has 1 aromatic rings. The van der Waals surface area contributed by atoms with E-state index in [9.17, 15) is 4.79 Å². The van der Waals surface area contributed by atoms with Crippen LogP contribution < -0.4 is 0 Å². The van der Waals surface area contributed by atoms with E-state index in [4.69, 9.17) is 22.0 Å². The Kier molecular flexibility index (Phi) is 2.17. The first kappa shape index (κ1) is 10.0. The third-order valence-corrected chi connectivity index (χ3v) is 3.09. The summed E-state index contributed by atoms with van der Waals surface area (Å²) in [6.07, 6.45) is 1.11. The molecule has 0 spiro atoms. The van der Waals surface area contributed by atoms with Gasteiger partial charge in [0.2, 0.25) is 0 Å². The zero-order chi connectivity index (χ0) is 11.1. The number of carbonyl (C=O) groups is 1. The Labute approximate surface area is 91.9 Å². The molecule has 0 aliphatic heterocycles. The summed E-state index contributed by atoms with van der Waals surface area (Å²) in [5.41, 5.74) is -0.0762. The summed E-state index contributed by atoms with van der Waals surface area (Å²) in [6.45, 7) is 0. The predicted octanol–water partition coefficient (Wildman–Crippen LogP) is 2.33. The normalized spacial score (nSPS) is 16.8. The first-order valence-corrected chi connectivity index (χ1v) is 4.92. The SMILES string of the molecule is N#Cc1cccc(Cl)c1C1(C(=O)O)CC1. The molecule has 0 heterocycles. The van der Waals surface area contributed by atoms with E-state index in [2.05, 4.69) is 0 Å². The maximum atomic E-state index is 11.1. The van der Waals surface area contributed by atoms with Crippen LogP contribution in [0.1, 0.15) is 24.0 Å². The molecule has 0 saturated heterocycles. The first-order valence-electron chi connectivity index (χ1n) is 4.54. The van der Waals surface area contributed by atoms with Crippen LogP contribution in [0.5, 0.6) is 0 Å². The zero-order valence-corrected chi connectivity index (χ0v) is 8.58. The number of halogens is 1. The molecule has 0 radical (unpaired) electrons. The quantitative estimate of drug-likeness (QED) is 0.834. The summed E-state index contributed by atoms with van der Waals surface area (Å²) < 4.78 is 0. The van der Waals surface area contributed by atoms with Gasteiger partial charge in [-0.05, 0) is 25.0 Å². The minimum Gasteiger partial charge on any atom is -0.481 e. The van der Waals surface area contributed by atoms with Gasteiger partial charge in [0.05, 0.1) is 17.0 Å². The fourth-order valence-electron chi connectivity index (χ4n) is 1.80. The number of nitrogens with zero attached hydrogens (tertiary/aromatic N) is 1. The Morgan fingerprint density at radius 1 is 1.53 bits per heavy atom. The minimum atomic E-state index is -0.913. The van der Waals surface area contributed by atoms with Crippen LogP contribution in [0.25, 0.3) is 0 Å². The molecule has 1 aliphatic carbocycles. The lowest BCUT2D eigenvalue weighted by Crippen LogP contribution is -2.21. The number of aliphatic carboxylic acids is 1. The molecule has 15 heavy (non-hydrogen) atoms. The Morgan fingerprint density at radius 3 is 2.67 bits per heavy atom. The molecule has 0 amide bonds. The molecule has 2 rings (SSSR count). The lowest BCUT2D eigenvalue weighted by Gasteiger charge is -2.13. The van der Waals surface area contributed by atoms with Crippen molar-refractivity contribution in [3.63, 3.8) is 0 Å². The van der Waals surface area contributed by atoms with Crippen molar-refractivity contribution >= 4 is 17.6 Å². The summed E-state index contributed by atoms with van der Waals surface area (Å²) in [5, 5.41) is 18.4. The van der Waals surface area contributed by atoms with Crippen molar-refractivity contribution in [3.05, 3.63) is 34.3 Å². The maximum Gasteiger partial charge on any atom is 0.314 e. The van der Waals surface area contributed by atoms with Crippen LogP contribution in [0.3, 0.4) is 0 Å². The molecule has 1 saturated carbocycles. The second-order valence-electron chi connectivity index (χ2n) is 3.66. The van der Waals surface area contributed by atoms with Crippen LogP contribution in [0.15, 0.2) is 18.2 Å². The van der Waals surface area contributed by atoms with E-state index < -0.39 is 11.4 Å². The number of rotatable bonds is 2. The van der Waals surface area contributed by atoms with E-state index >= 15 is 0 Å². The molecule has 4 heteroatoms. The topological polar surface area (TPSA) is 61.1 Å². The van der Waals surface area contributed by atoms with Crippen LogP contribution in [-0.4, -0.2) is 11.1 Å². The fraction of sp³-hybridized carbons (Fsp3) is 0.273. The summed E-state index contributed by atoms with van der Waals surface area (Å²) in [7, 11) is 0. The van der Waals surface area contributed by atoms with Gasteiger partial charge in [0.15, 0.2) is 0 Å². The summed E-state index contributed by atoms with van der Waals surface area (Å²) in [5.74, 6) is -0.896. The smallest absolute Gasteiger partial charge is 0.314 e. The standard InChI is InChI=1S/C11H8ClNO2/c12-8-3-1-2-7(6-13)9(8)11(4-5-11)10(14)15/h1-3H,4-5H2,(H,14,15). The Bertz CT molecular complexity index is 472. The lowest BCUT2D eigenvalue weighted by atomic mass is 9.92. The van der Waals surface area contributed by atoms with E-state index in [-0.39, 0.29) is 0 Å². The molecule has 0 bridgehead atoms. The highest BCUT2D eigenvalue weighted by Crippen LogP contribution is 2.51. The van der Waals surface area contributed by atoms with Gasteiger partial charge in [-0.25, -0.2) is 0 Å². The molecule has 1 aromatic carbocycles. The van der Waals surface area contributed by atoms with Gasteiger partial charge in [0.25, 0.3) is 0 Å². The second kappa shape index (κ2) is 3.25. The zero-order valence-electron chi connectivity index (χ0n) is 7.83. The van der Waals surface area contributed by atoms with E-state index in [0.717, 1.165) is 0 Å². The summed E-state index contributed by atoms with van der Waals surface area (Å²) in [6, 6.07) is 6.87. The van der Waals surface area contributed by atoms with Gasteiger partial charge in [0, 0.05) is 10.6 Å². The third kappa shape index (κ3) is 1.38. The van der Waals surface area contributed by atoms with Crippen LogP contribution in [0.2, 0.25) is 5.02 Å². The van der Waals surface area contributed by atoms with Gasteiger partial charge in [-0.15, -0.1) is 0 Å². The van der Waals surface area contributed by atoms with Crippen molar-refractivity contribution in [1.82, 2.24) is 0 Å². The van der Waals surface area contributed by atoms with E-state index in [0.29, 0.717) is 29.0 Å². The highest BCUT2D eigenvalue weighted by molar-refractivity contribution is 6.32. The van der Waals surface area contributed by atoms with Crippen LogP contribution in [0, 0.1) is 11.3 Å². The van der Waals surface area contributed by atoms with E-state index in [1.54, 1.807) is 18.2 Å². The van der Waals surface area contributed by atoms with Crippen molar-refractivity contribution in [2.45, 2.75) is 18.3 Å². The Balaban J connectivity index is 2.63. The number of carboxylic acid groups (broad SMARTS) is 1. The number of nitriles is 1. The highest BCUT2D eigenvalue weighted by atomic mass is 35.5. The number of benzene rings is 1. The van der Waals surface area contributed by atoms with Crippen molar-refractivity contribution < 1.29 is 9.90 Å². The molecule has 3 nitrogen and oxygen atoms in total. The van der Waals surface area contributed by atoms with Crippen molar-refractivity contribution in [2.75, 3.05) is 0 Å². The van der Waals surface area contributed by atoms with Gasteiger partial charge in [-0.1, -0.05) is 17.7 Å². The molecule has 0 atom stereocenters. The van der Waals surface area contributed by atoms with E-state index in [1.165, 1.54) is 0 Å². The van der Waals surface area contributed by atoms with Gasteiger partial charge in [-0.3, -0.25) is 4.79 Å². The third-order valence-electron chi connectivity index (χ3n) is 2.77. The molecule has 0 aromatic heterocycles. The summed E-state index contributed by atoms with van der Waals surface area (Å²) in [4.78, 5) is 11.1. The van der Waals surface area contributed by atoms with Crippen molar-refractivity contribution in [2.24, 2.45) is 0 Å². The Morgan fingerprint density at radius 2 is 2.20 bits per heavy atom. The Hall–Kier alpha value is -1.53. The van der Waals surface area contributed by atoms with Gasteiger partial charge < -0.3 is 5.11 Å². The number of carboxylic acids is 1. The number of hydrogen-bond donors (Lipinski definition) is 1. The van der Waals surface area contributed by atoms with Crippen LogP contribution >= 0.6 is 11.6 Å². The molecule has 76 valence electrons. The first-order chi connectivity index (χ1) is 7.12. The van der Waals surface area contributed by atoms with Crippen molar-refractivity contribution in [3.8, 4) is 6.07 Å². The van der Waals surface area contributed by atoms with Gasteiger partial charge in [0.1, 0.15) is 0 Å². The summed E-state index contributed by atoms with van der Waals surface area (Å²) >= 11 is 5.96. The average molecular weight is 222 g/mol. The van der Waals surface area contributed by atoms with Gasteiger partial charge in [-0.2, -0.15) is 5.26 Å². The molecular weight excluding hydrogens is 214 g/mol. The second-order valence-corrected chi connectivity index (χ2v) is 4.07. The largest absolute Gasteiger partial charge is 0.481 e. The average Bonchev–Trinajstić information content (AvgIpc) is 2.98. The monoisotopic (exact) mass is 221 g/mol. The maximum absolute atomic E-state index is 11.1. The molecule has 0 unspecified atom stereocenters. The van der Waals surface area contributed by atoms with E-state index in [1.807, 2.05) is 6.07 Å². The van der Waals surface area contributed by atoms with Crippen molar-refractivity contribution in [1.29, 1.82) is 5.26 Å². The molecular formula is C11H8ClNO2. The molecule has 1 fully saturated rings. The van der Waals surface area contributed by atoms with Gasteiger partial charge >= 0.3 is 5.97 Å². The van der Waals surface area contributed by atoms with Crippen LogP contribution in [0.4, 0.5) is 0 Å². The van der Waals surface area contributed by atoms with Crippen LogP contribution in [-0.2, 0) is 10.2 Å². The highest BCUT2D eigenvalue weighted by Gasteiger charge is 2.54.